The molecule has 1 unspecified atom stereocenters. The molecule has 0 aromatic carbocycles. The van der Waals surface area contributed by atoms with Crippen LogP contribution in [0.4, 0.5) is 0 Å². The molecule has 1 atom stereocenters. The highest BCUT2D eigenvalue weighted by Crippen LogP contribution is 2.19. The number of rotatable bonds is 4. The van der Waals surface area contributed by atoms with Crippen LogP contribution in [0.1, 0.15) is 31.1 Å². The van der Waals surface area contributed by atoms with Crippen LogP contribution in [0.25, 0.3) is 11.5 Å². The molecule has 4 nitrogen and oxygen atoms in total. The van der Waals surface area contributed by atoms with Gasteiger partial charge in [-0.1, -0.05) is 6.92 Å². The van der Waals surface area contributed by atoms with Crippen LogP contribution in [0, 0.1) is 6.92 Å². The van der Waals surface area contributed by atoms with Crippen molar-refractivity contribution in [1.82, 2.24) is 20.3 Å². The molecule has 1 N–H and O–H groups in total. The molecule has 0 aliphatic carbocycles. The highest BCUT2D eigenvalue weighted by Gasteiger charge is 2.11. The van der Waals surface area contributed by atoms with E-state index in [4.69, 9.17) is 0 Å². The maximum atomic E-state index is 4.51. The Bertz CT molecular complexity index is 481. The summed E-state index contributed by atoms with van der Waals surface area (Å²) in [6, 6.07) is 0.282. The van der Waals surface area contributed by atoms with Gasteiger partial charge in [0.15, 0.2) is 5.82 Å². The van der Waals surface area contributed by atoms with Crippen molar-refractivity contribution in [2.75, 3.05) is 6.54 Å². The van der Waals surface area contributed by atoms with Crippen molar-refractivity contribution in [3.05, 3.63) is 28.3 Å². The van der Waals surface area contributed by atoms with E-state index in [9.17, 15) is 0 Å². The summed E-state index contributed by atoms with van der Waals surface area (Å²) in [7, 11) is 0. The first kappa shape index (κ1) is 12.1. The van der Waals surface area contributed by atoms with Crippen LogP contribution >= 0.6 is 11.3 Å². The van der Waals surface area contributed by atoms with Crippen molar-refractivity contribution in [2.45, 2.75) is 26.8 Å². The van der Waals surface area contributed by atoms with Crippen LogP contribution in [-0.2, 0) is 0 Å². The average molecular weight is 248 g/mol. The zero-order valence-corrected chi connectivity index (χ0v) is 11.1. The summed E-state index contributed by atoms with van der Waals surface area (Å²) in [6.07, 6.45) is 1.89. The van der Waals surface area contributed by atoms with Gasteiger partial charge in [-0.25, -0.2) is 15.0 Å². The zero-order chi connectivity index (χ0) is 12.3. The van der Waals surface area contributed by atoms with Crippen LogP contribution in [-0.4, -0.2) is 21.5 Å². The average Bonchev–Trinajstić information content (AvgIpc) is 2.82. The molecule has 2 aromatic rings. The molecule has 0 radical (unpaired) electrons. The van der Waals surface area contributed by atoms with Crippen LogP contribution in [0.2, 0.25) is 0 Å². The van der Waals surface area contributed by atoms with Gasteiger partial charge in [-0.3, -0.25) is 0 Å². The van der Waals surface area contributed by atoms with Gasteiger partial charge in [0.2, 0.25) is 0 Å². The Balaban J connectivity index is 2.29. The van der Waals surface area contributed by atoms with Gasteiger partial charge in [-0.15, -0.1) is 11.3 Å². The van der Waals surface area contributed by atoms with Crippen LogP contribution in [0.5, 0.6) is 0 Å². The number of aryl methyl sites for hydroxylation is 1. The van der Waals surface area contributed by atoms with Gasteiger partial charge >= 0.3 is 0 Å². The Morgan fingerprint density at radius 3 is 2.82 bits per heavy atom. The van der Waals surface area contributed by atoms with E-state index < -0.39 is 0 Å². The molecule has 2 heterocycles. The largest absolute Gasteiger partial charge is 0.310 e. The summed E-state index contributed by atoms with van der Waals surface area (Å²) in [5, 5.41) is 5.32. The summed E-state index contributed by atoms with van der Waals surface area (Å²) in [5.74, 6) is 0.705. The standard InChI is InChI=1S/C12H16N4S/c1-4-13-8(2)10-5-14-12(16-9(10)3)11-6-17-7-15-11/h5-8,13H,4H2,1-3H3. The van der Waals surface area contributed by atoms with E-state index in [2.05, 4.69) is 34.1 Å². The monoisotopic (exact) mass is 248 g/mol. The van der Waals surface area contributed by atoms with Crippen molar-refractivity contribution >= 4 is 11.3 Å². The number of thiazole rings is 1. The van der Waals surface area contributed by atoms with Gasteiger partial charge in [0, 0.05) is 28.9 Å². The Kier molecular flexibility index (Phi) is 3.81. The molecule has 0 saturated heterocycles. The molecule has 0 spiro atoms. The van der Waals surface area contributed by atoms with E-state index in [0.717, 1.165) is 23.5 Å². The fourth-order valence-electron chi connectivity index (χ4n) is 1.76. The summed E-state index contributed by atoms with van der Waals surface area (Å²) in [6.45, 7) is 7.17. The molecule has 2 aromatic heterocycles. The molecule has 17 heavy (non-hydrogen) atoms. The van der Waals surface area contributed by atoms with Gasteiger partial charge in [-0.2, -0.15) is 0 Å². The van der Waals surface area contributed by atoms with Crippen LogP contribution in [0.3, 0.4) is 0 Å². The second-order valence-electron chi connectivity index (χ2n) is 3.89. The summed E-state index contributed by atoms with van der Waals surface area (Å²) < 4.78 is 0. The minimum absolute atomic E-state index is 0.282. The van der Waals surface area contributed by atoms with Crippen molar-refractivity contribution < 1.29 is 0 Å². The van der Waals surface area contributed by atoms with Crippen molar-refractivity contribution in [2.24, 2.45) is 0 Å². The lowest BCUT2D eigenvalue weighted by Gasteiger charge is -2.14. The number of aromatic nitrogens is 3. The first-order chi connectivity index (χ1) is 8.22. The Hall–Kier alpha value is -1.33. The number of nitrogens with one attached hydrogen (secondary N) is 1. The lowest BCUT2D eigenvalue weighted by atomic mass is 10.1. The lowest BCUT2D eigenvalue weighted by Crippen LogP contribution is -2.19. The van der Waals surface area contributed by atoms with E-state index in [0.29, 0.717) is 5.82 Å². The second-order valence-corrected chi connectivity index (χ2v) is 4.61. The van der Waals surface area contributed by atoms with E-state index in [1.165, 1.54) is 0 Å². The lowest BCUT2D eigenvalue weighted by molar-refractivity contribution is 0.590. The molecule has 0 amide bonds. The van der Waals surface area contributed by atoms with Crippen LogP contribution < -0.4 is 5.32 Å². The molecule has 2 rings (SSSR count). The van der Waals surface area contributed by atoms with Gasteiger partial charge in [0.1, 0.15) is 5.69 Å². The van der Waals surface area contributed by atoms with Crippen LogP contribution in [0.15, 0.2) is 17.1 Å². The first-order valence-corrected chi connectivity index (χ1v) is 6.62. The molecule has 90 valence electrons. The maximum Gasteiger partial charge on any atom is 0.179 e. The molecule has 5 heteroatoms. The third kappa shape index (κ3) is 2.68. The molecular weight excluding hydrogens is 232 g/mol. The minimum atomic E-state index is 0.282. The maximum absolute atomic E-state index is 4.51. The normalized spacial score (nSPS) is 12.6. The quantitative estimate of drug-likeness (QED) is 0.903. The predicted molar refractivity (Wildman–Crippen MR) is 70.0 cm³/mol. The Morgan fingerprint density at radius 2 is 2.24 bits per heavy atom. The van der Waals surface area contributed by atoms with E-state index >= 15 is 0 Å². The molecule has 0 aliphatic rings. The van der Waals surface area contributed by atoms with Gasteiger partial charge in [-0.05, 0) is 20.4 Å². The highest BCUT2D eigenvalue weighted by atomic mass is 32.1. The highest BCUT2D eigenvalue weighted by molar-refractivity contribution is 7.07. The third-order valence-corrected chi connectivity index (χ3v) is 3.24. The van der Waals surface area contributed by atoms with E-state index in [1.54, 1.807) is 16.8 Å². The summed E-state index contributed by atoms with van der Waals surface area (Å²) >= 11 is 1.56. The zero-order valence-electron chi connectivity index (χ0n) is 10.3. The first-order valence-electron chi connectivity index (χ1n) is 5.67. The van der Waals surface area contributed by atoms with Gasteiger partial charge < -0.3 is 5.32 Å². The molecular formula is C12H16N4S. The molecule has 0 aliphatic heterocycles. The topological polar surface area (TPSA) is 50.7 Å². The minimum Gasteiger partial charge on any atom is -0.310 e. The predicted octanol–water partition coefficient (Wildman–Crippen LogP) is 2.58. The second kappa shape index (κ2) is 5.33. The smallest absolute Gasteiger partial charge is 0.179 e. The van der Waals surface area contributed by atoms with E-state index in [1.807, 2.05) is 18.5 Å². The van der Waals surface area contributed by atoms with Crippen molar-refractivity contribution in [3.8, 4) is 11.5 Å². The fraction of sp³-hybridized carbons (Fsp3) is 0.417. The molecule has 0 fully saturated rings. The Labute approximate surface area is 105 Å². The Morgan fingerprint density at radius 1 is 1.41 bits per heavy atom. The summed E-state index contributed by atoms with van der Waals surface area (Å²) in [5.41, 5.74) is 4.80. The molecule has 0 saturated carbocycles. The number of hydrogen-bond acceptors (Lipinski definition) is 5. The van der Waals surface area contributed by atoms with Gasteiger partial charge in [0.05, 0.1) is 5.51 Å². The molecule has 0 bridgehead atoms. The third-order valence-electron chi connectivity index (χ3n) is 2.66. The number of nitrogens with zero attached hydrogens (tertiary/aromatic N) is 3. The van der Waals surface area contributed by atoms with E-state index in [-0.39, 0.29) is 6.04 Å². The van der Waals surface area contributed by atoms with Crippen molar-refractivity contribution in [3.63, 3.8) is 0 Å². The van der Waals surface area contributed by atoms with Gasteiger partial charge in [0.25, 0.3) is 0 Å². The fourth-order valence-corrected chi connectivity index (χ4v) is 2.29. The number of hydrogen-bond donors (Lipinski definition) is 1. The summed E-state index contributed by atoms with van der Waals surface area (Å²) in [4.78, 5) is 13.1. The van der Waals surface area contributed by atoms with Crippen molar-refractivity contribution in [1.29, 1.82) is 0 Å². The SMILES string of the molecule is CCNC(C)c1cnc(-c2cscn2)nc1C.